The average molecular weight is 308 g/mol. The third-order valence-electron chi connectivity index (χ3n) is 3.75. The number of fused-ring (bicyclic) bond motifs is 1. The number of aromatic nitrogens is 3. The van der Waals surface area contributed by atoms with Crippen molar-refractivity contribution in [3.05, 3.63) is 23.8 Å². The van der Waals surface area contributed by atoms with Crippen LogP contribution in [0.2, 0.25) is 0 Å². The second-order valence-electron chi connectivity index (χ2n) is 5.23. The Morgan fingerprint density at radius 1 is 1.59 bits per heavy atom. The highest BCUT2D eigenvalue weighted by Gasteiger charge is 2.27. The topological polar surface area (TPSA) is 88.8 Å². The summed E-state index contributed by atoms with van der Waals surface area (Å²) in [5.74, 6) is -1.14. The van der Waals surface area contributed by atoms with E-state index in [0.717, 1.165) is 19.0 Å². The first-order chi connectivity index (χ1) is 10.6. The lowest BCUT2D eigenvalue weighted by Gasteiger charge is -2.17. The summed E-state index contributed by atoms with van der Waals surface area (Å²) in [7, 11) is 0. The van der Waals surface area contributed by atoms with Crippen molar-refractivity contribution in [2.45, 2.75) is 38.3 Å². The van der Waals surface area contributed by atoms with Gasteiger partial charge >= 0.3 is 5.97 Å². The molecule has 1 fully saturated rings. The number of anilines is 1. The van der Waals surface area contributed by atoms with Gasteiger partial charge in [-0.05, 0) is 26.2 Å². The predicted octanol–water partition coefficient (Wildman–Crippen LogP) is 1.37. The van der Waals surface area contributed by atoms with E-state index in [0.29, 0.717) is 6.42 Å². The van der Waals surface area contributed by atoms with Gasteiger partial charge in [0.2, 0.25) is 0 Å². The highest BCUT2D eigenvalue weighted by atomic mass is 19.1. The zero-order chi connectivity index (χ0) is 15.7. The summed E-state index contributed by atoms with van der Waals surface area (Å²) in [6.07, 6.45) is 4.23. The highest BCUT2D eigenvalue weighted by Crippen LogP contribution is 2.24. The smallest absolute Gasteiger partial charge is 0.343 e. The molecule has 8 heteroatoms. The molecule has 3 rings (SSSR count). The van der Waals surface area contributed by atoms with Crippen molar-refractivity contribution >= 4 is 17.4 Å². The zero-order valence-electron chi connectivity index (χ0n) is 12.1. The van der Waals surface area contributed by atoms with E-state index in [1.807, 2.05) is 0 Å². The van der Waals surface area contributed by atoms with Gasteiger partial charge in [-0.2, -0.15) is 5.10 Å². The first-order valence-electron chi connectivity index (χ1n) is 7.25. The average Bonchev–Trinajstić information content (AvgIpc) is 3.06. The van der Waals surface area contributed by atoms with Gasteiger partial charge in [0.15, 0.2) is 17.3 Å². The van der Waals surface area contributed by atoms with Gasteiger partial charge in [-0.1, -0.05) is 0 Å². The van der Waals surface area contributed by atoms with E-state index in [9.17, 15) is 14.3 Å². The van der Waals surface area contributed by atoms with Gasteiger partial charge in [-0.25, -0.2) is 18.7 Å². The van der Waals surface area contributed by atoms with Crippen LogP contribution in [0.1, 0.15) is 36.5 Å². The van der Waals surface area contributed by atoms with Crippen LogP contribution in [0, 0.1) is 5.82 Å². The Morgan fingerprint density at radius 3 is 3.09 bits per heavy atom. The van der Waals surface area contributed by atoms with Crippen LogP contribution in [0.5, 0.6) is 0 Å². The van der Waals surface area contributed by atoms with Crippen molar-refractivity contribution in [1.29, 1.82) is 0 Å². The summed E-state index contributed by atoms with van der Waals surface area (Å²) in [4.78, 5) is 16.0. The molecule has 2 aromatic rings. The first-order valence-corrected chi connectivity index (χ1v) is 7.25. The van der Waals surface area contributed by atoms with E-state index in [1.165, 1.54) is 10.7 Å². The molecule has 1 aliphatic rings. The number of nitrogens with one attached hydrogen (secondary N) is 1. The molecule has 22 heavy (non-hydrogen) atoms. The summed E-state index contributed by atoms with van der Waals surface area (Å²) < 4.78 is 20.2. The Morgan fingerprint density at radius 2 is 2.41 bits per heavy atom. The highest BCUT2D eigenvalue weighted by molar-refractivity contribution is 5.95. The molecular formula is C14H17FN4O3. The SMILES string of the molecule is CCOC(=O)c1cnn2cc(F)c(NC3CCC[C@@H]3O)nc12. The maximum Gasteiger partial charge on any atom is 0.343 e. The van der Waals surface area contributed by atoms with Crippen LogP contribution in [0.3, 0.4) is 0 Å². The van der Waals surface area contributed by atoms with Gasteiger partial charge in [0.25, 0.3) is 0 Å². The van der Waals surface area contributed by atoms with Gasteiger partial charge in [-0.15, -0.1) is 0 Å². The van der Waals surface area contributed by atoms with E-state index < -0.39 is 17.9 Å². The zero-order valence-corrected chi connectivity index (χ0v) is 12.1. The molecular weight excluding hydrogens is 291 g/mol. The molecule has 0 saturated heterocycles. The molecule has 0 radical (unpaired) electrons. The monoisotopic (exact) mass is 308 g/mol. The molecule has 0 aliphatic heterocycles. The van der Waals surface area contributed by atoms with Gasteiger partial charge in [0.1, 0.15) is 5.56 Å². The van der Waals surface area contributed by atoms with E-state index in [2.05, 4.69) is 15.4 Å². The Bertz CT molecular complexity index is 703. The maximum absolute atomic E-state index is 14.1. The minimum absolute atomic E-state index is 0.00417. The molecule has 2 N–H and O–H groups in total. The summed E-state index contributed by atoms with van der Waals surface area (Å²) in [5, 5.41) is 16.6. The largest absolute Gasteiger partial charge is 0.462 e. The number of carbonyl (C=O) groups excluding carboxylic acids is 1. The Balaban J connectivity index is 1.95. The minimum Gasteiger partial charge on any atom is -0.462 e. The molecule has 1 unspecified atom stereocenters. The number of aliphatic hydroxyl groups is 1. The quantitative estimate of drug-likeness (QED) is 0.829. The lowest BCUT2D eigenvalue weighted by Crippen LogP contribution is -2.29. The molecule has 0 bridgehead atoms. The number of hydrogen-bond donors (Lipinski definition) is 2. The number of rotatable bonds is 4. The Hall–Kier alpha value is -2.22. The number of ether oxygens (including phenoxy) is 1. The van der Waals surface area contributed by atoms with Crippen LogP contribution >= 0.6 is 0 Å². The number of carbonyl (C=O) groups is 1. The standard InChI is InChI=1S/C14H17FN4O3/c1-2-22-14(21)8-6-16-19-7-9(15)12(18-13(8)19)17-10-4-3-5-11(10)20/h6-7,10-11,20H,2-5H2,1H3,(H,17,18)/t10?,11-/m0/s1. The molecule has 1 aliphatic carbocycles. The number of halogens is 1. The summed E-state index contributed by atoms with van der Waals surface area (Å²) in [6.45, 7) is 1.93. The summed E-state index contributed by atoms with van der Waals surface area (Å²) in [5.41, 5.74) is 0.395. The second-order valence-corrected chi connectivity index (χ2v) is 5.23. The van der Waals surface area contributed by atoms with Crippen molar-refractivity contribution in [2.75, 3.05) is 11.9 Å². The molecule has 0 spiro atoms. The summed E-state index contributed by atoms with van der Waals surface area (Å²) >= 11 is 0. The molecule has 1 saturated carbocycles. The fourth-order valence-corrected chi connectivity index (χ4v) is 2.63. The first kappa shape index (κ1) is 14.7. The van der Waals surface area contributed by atoms with Crippen LogP contribution in [-0.4, -0.2) is 44.4 Å². The maximum atomic E-state index is 14.1. The van der Waals surface area contributed by atoms with Crippen molar-refractivity contribution in [3.63, 3.8) is 0 Å². The number of nitrogens with zero attached hydrogens (tertiary/aromatic N) is 3. The Kier molecular flexibility index (Phi) is 3.93. The molecule has 2 aromatic heterocycles. The molecule has 0 amide bonds. The van der Waals surface area contributed by atoms with Gasteiger partial charge in [0.05, 0.1) is 31.1 Å². The third kappa shape index (κ3) is 2.61. The Labute approximate surface area is 126 Å². The molecule has 2 atom stereocenters. The van der Waals surface area contributed by atoms with Crippen LogP contribution in [0.4, 0.5) is 10.2 Å². The van der Waals surface area contributed by atoms with Gasteiger partial charge in [-0.3, -0.25) is 0 Å². The third-order valence-corrected chi connectivity index (χ3v) is 3.75. The summed E-state index contributed by atoms with van der Waals surface area (Å²) in [6, 6.07) is -0.238. The molecule has 7 nitrogen and oxygen atoms in total. The van der Waals surface area contributed by atoms with Crippen molar-refractivity contribution in [2.24, 2.45) is 0 Å². The van der Waals surface area contributed by atoms with Crippen molar-refractivity contribution < 1.29 is 19.0 Å². The number of aliphatic hydroxyl groups excluding tert-OH is 1. The van der Waals surface area contributed by atoms with Crippen LogP contribution in [-0.2, 0) is 4.74 Å². The second kappa shape index (κ2) is 5.88. The van der Waals surface area contributed by atoms with E-state index in [-0.39, 0.29) is 29.7 Å². The van der Waals surface area contributed by atoms with Crippen molar-refractivity contribution in [1.82, 2.24) is 14.6 Å². The number of esters is 1. The lowest BCUT2D eigenvalue weighted by molar-refractivity contribution is 0.0528. The van der Waals surface area contributed by atoms with Crippen LogP contribution in [0.25, 0.3) is 5.65 Å². The predicted molar refractivity (Wildman–Crippen MR) is 76.2 cm³/mol. The number of hydrogen-bond acceptors (Lipinski definition) is 6. The van der Waals surface area contributed by atoms with Gasteiger partial charge < -0.3 is 15.2 Å². The molecule has 2 heterocycles. The van der Waals surface area contributed by atoms with Crippen LogP contribution < -0.4 is 5.32 Å². The molecule has 118 valence electrons. The lowest BCUT2D eigenvalue weighted by atomic mass is 10.2. The van der Waals surface area contributed by atoms with Gasteiger partial charge in [0, 0.05) is 0 Å². The van der Waals surface area contributed by atoms with Crippen molar-refractivity contribution in [3.8, 4) is 0 Å². The van der Waals surface area contributed by atoms with E-state index in [1.54, 1.807) is 6.92 Å². The van der Waals surface area contributed by atoms with E-state index in [4.69, 9.17) is 4.74 Å². The van der Waals surface area contributed by atoms with E-state index >= 15 is 0 Å². The normalized spacial score (nSPS) is 21.2. The fourth-order valence-electron chi connectivity index (χ4n) is 2.63. The fraction of sp³-hybridized carbons (Fsp3) is 0.500. The minimum atomic E-state index is -0.592. The molecule has 0 aromatic carbocycles. The van der Waals surface area contributed by atoms with Crippen LogP contribution in [0.15, 0.2) is 12.4 Å².